The van der Waals surface area contributed by atoms with Gasteiger partial charge in [-0.15, -0.1) is 0 Å². The molecule has 0 aliphatic carbocycles. The summed E-state index contributed by atoms with van der Waals surface area (Å²) in [6, 6.07) is 5.45. The summed E-state index contributed by atoms with van der Waals surface area (Å²) in [5.41, 5.74) is 0.954. The van der Waals surface area contributed by atoms with Gasteiger partial charge < -0.3 is 15.1 Å². The zero-order valence-corrected chi connectivity index (χ0v) is 21.4. The lowest BCUT2D eigenvalue weighted by molar-refractivity contribution is 0.125. The molecular weight excluding hydrogens is 481 g/mol. The Morgan fingerprint density at radius 1 is 1.18 bits per heavy atom. The molecule has 3 heterocycles. The van der Waals surface area contributed by atoms with E-state index in [1.165, 1.54) is 12.7 Å². The fraction of sp³-hybridized carbons (Fsp3) is 0.565. The number of sulfone groups is 1. The fourth-order valence-corrected chi connectivity index (χ4v) is 5.86. The van der Waals surface area contributed by atoms with Crippen molar-refractivity contribution >= 4 is 44.7 Å². The molecule has 2 fully saturated rings. The van der Waals surface area contributed by atoms with Crippen molar-refractivity contribution in [2.45, 2.75) is 25.8 Å². The van der Waals surface area contributed by atoms with Gasteiger partial charge in [-0.05, 0) is 55.8 Å². The number of hydrogen-bond donors (Lipinski definition) is 1. The second kappa shape index (κ2) is 10.3. The number of nitrogens with one attached hydrogen (secondary N) is 1. The zero-order valence-electron chi connectivity index (χ0n) is 19.0. The highest BCUT2D eigenvalue weighted by atomic mass is 35.5. The Labute approximate surface area is 206 Å². The summed E-state index contributed by atoms with van der Waals surface area (Å²) >= 11 is 12.4. The number of aromatic nitrogens is 2. The smallest absolute Gasteiger partial charge is 0.149 e. The topological polar surface area (TPSA) is 78.4 Å². The van der Waals surface area contributed by atoms with Gasteiger partial charge in [0.15, 0.2) is 0 Å². The minimum atomic E-state index is -2.92. The molecule has 2 atom stereocenters. The van der Waals surface area contributed by atoms with Gasteiger partial charge in [0.2, 0.25) is 0 Å². The quantitative estimate of drug-likeness (QED) is 0.570. The summed E-state index contributed by atoms with van der Waals surface area (Å²) < 4.78 is 23.0. The summed E-state index contributed by atoms with van der Waals surface area (Å²) in [7, 11) is -2.92. The number of piperidine rings is 1. The molecule has 0 radical (unpaired) electrons. The van der Waals surface area contributed by atoms with E-state index in [1.54, 1.807) is 18.5 Å². The number of anilines is 2. The molecule has 10 heteroatoms. The molecule has 1 aromatic carbocycles. The summed E-state index contributed by atoms with van der Waals surface area (Å²) in [5.74, 6) is 3.03. The highest BCUT2D eigenvalue weighted by molar-refractivity contribution is 7.90. The van der Waals surface area contributed by atoms with Gasteiger partial charge in [0.1, 0.15) is 21.5 Å². The summed E-state index contributed by atoms with van der Waals surface area (Å²) in [6.07, 6.45) is 7.19. The van der Waals surface area contributed by atoms with Crippen LogP contribution in [-0.4, -0.2) is 68.0 Å². The van der Waals surface area contributed by atoms with E-state index in [1.807, 2.05) is 19.1 Å². The van der Waals surface area contributed by atoms with Crippen LogP contribution in [-0.2, 0) is 9.84 Å². The number of rotatable bonds is 8. The molecule has 0 bridgehead atoms. The fourth-order valence-electron chi connectivity index (χ4n) is 4.70. The van der Waals surface area contributed by atoms with Gasteiger partial charge >= 0.3 is 0 Å². The largest absolute Gasteiger partial charge is 0.362 e. The molecule has 0 saturated carbocycles. The van der Waals surface area contributed by atoms with Crippen molar-refractivity contribution in [1.82, 2.24) is 14.9 Å². The van der Waals surface area contributed by atoms with Gasteiger partial charge in [0.25, 0.3) is 0 Å². The first-order valence-electron chi connectivity index (χ1n) is 11.4. The van der Waals surface area contributed by atoms with Crippen LogP contribution in [0.1, 0.15) is 31.4 Å². The minimum absolute atomic E-state index is 0.0383. The third-order valence-electron chi connectivity index (χ3n) is 6.64. The molecule has 33 heavy (non-hydrogen) atoms. The predicted octanol–water partition coefficient (Wildman–Crippen LogP) is 4.15. The van der Waals surface area contributed by atoms with Crippen LogP contribution in [0, 0.1) is 11.8 Å². The second-order valence-corrected chi connectivity index (χ2v) is 12.4. The molecule has 7 nitrogen and oxygen atoms in total. The van der Waals surface area contributed by atoms with Crippen molar-refractivity contribution in [2.24, 2.45) is 11.8 Å². The minimum Gasteiger partial charge on any atom is -0.362 e. The van der Waals surface area contributed by atoms with E-state index in [0.29, 0.717) is 34.2 Å². The highest BCUT2D eigenvalue weighted by Gasteiger charge is 2.36. The van der Waals surface area contributed by atoms with Gasteiger partial charge in [-0.25, -0.2) is 13.4 Å². The first kappa shape index (κ1) is 24.5. The normalized spacial score (nSPS) is 21.0. The first-order chi connectivity index (χ1) is 15.7. The number of likely N-dealkylation sites (tertiary alicyclic amines) is 1. The van der Waals surface area contributed by atoms with Crippen molar-refractivity contribution in [3.63, 3.8) is 0 Å². The molecular formula is C23H31Cl2N5O2S. The van der Waals surface area contributed by atoms with E-state index < -0.39 is 9.84 Å². The second-order valence-electron chi connectivity index (χ2n) is 9.29. The Balaban J connectivity index is 1.31. The molecule has 4 rings (SSSR count). The maximum Gasteiger partial charge on any atom is 0.149 e. The lowest BCUT2D eigenvalue weighted by Crippen LogP contribution is -2.54. The molecule has 2 aliphatic rings. The molecule has 2 aliphatic heterocycles. The first-order valence-corrected chi connectivity index (χ1v) is 14.2. The van der Waals surface area contributed by atoms with Crippen molar-refractivity contribution in [2.75, 3.05) is 54.9 Å². The Bertz CT molecular complexity index is 1080. The van der Waals surface area contributed by atoms with E-state index in [4.69, 9.17) is 28.2 Å². The zero-order chi connectivity index (χ0) is 23.6. The summed E-state index contributed by atoms with van der Waals surface area (Å²) in [6.45, 7) is 6.57. The van der Waals surface area contributed by atoms with Crippen LogP contribution in [0.4, 0.5) is 11.6 Å². The van der Waals surface area contributed by atoms with Gasteiger partial charge in [-0.3, -0.25) is 4.98 Å². The van der Waals surface area contributed by atoms with E-state index in [0.717, 1.165) is 44.0 Å². The molecule has 1 aromatic heterocycles. The Morgan fingerprint density at radius 3 is 2.70 bits per heavy atom. The van der Waals surface area contributed by atoms with Crippen LogP contribution in [0.3, 0.4) is 0 Å². The third kappa shape index (κ3) is 6.50. The van der Waals surface area contributed by atoms with E-state index in [-0.39, 0.29) is 11.8 Å². The van der Waals surface area contributed by atoms with Crippen LogP contribution >= 0.6 is 23.2 Å². The van der Waals surface area contributed by atoms with Crippen molar-refractivity contribution in [3.8, 4) is 0 Å². The number of halogens is 2. The van der Waals surface area contributed by atoms with Crippen LogP contribution in [0.2, 0.25) is 10.0 Å². The lowest BCUT2D eigenvalue weighted by Gasteiger charge is -2.47. The Hall–Kier alpha value is -1.61. The third-order valence-corrected chi connectivity index (χ3v) is 8.12. The van der Waals surface area contributed by atoms with Crippen LogP contribution in [0.25, 0.3) is 0 Å². The van der Waals surface area contributed by atoms with Crippen LogP contribution in [0.15, 0.2) is 30.6 Å². The van der Waals surface area contributed by atoms with Gasteiger partial charge in [0.05, 0.1) is 24.2 Å². The van der Waals surface area contributed by atoms with E-state index >= 15 is 0 Å². The molecule has 0 spiro atoms. The van der Waals surface area contributed by atoms with Gasteiger partial charge in [-0.1, -0.05) is 29.3 Å². The lowest BCUT2D eigenvalue weighted by atomic mass is 9.80. The maximum absolute atomic E-state index is 11.5. The average molecular weight is 513 g/mol. The molecule has 0 amide bonds. The Morgan fingerprint density at radius 2 is 1.97 bits per heavy atom. The summed E-state index contributed by atoms with van der Waals surface area (Å²) in [4.78, 5) is 13.7. The predicted molar refractivity (Wildman–Crippen MR) is 135 cm³/mol. The molecule has 180 valence electrons. The number of hydrogen-bond acceptors (Lipinski definition) is 7. The molecule has 2 saturated heterocycles. The highest BCUT2D eigenvalue weighted by Crippen LogP contribution is 2.34. The molecule has 0 unspecified atom stereocenters. The van der Waals surface area contributed by atoms with E-state index in [9.17, 15) is 8.42 Å². The SMILES string of the molecule is C[C@@H](Nc1cncc(N2CC([C@@H]3CCCN(CCS(C)(=O)=O)C3)C2)n1)c1ccc(Cl)cc1Cl. The van der Waals surface area contributed by atoms with Crippen molar-refractivity contribution in [1.29, 1.82) is 0 Å². The van der Waals surface area contributed by atoms with Gasteiger partial charge in [0, 0.05) is 42.5 Å². The average Bonchev–Trinajstić information content (AvgIpc) is 2.71. The van der Waals surface area contributed by atoms with Crippen molar-refractivity contribution in [3.05, 3.63) is 46.2 Å². The molecule has 1 N–H and O–H groups in total. The van der Waals surface area contributed by atoms with E-state index in [2.05, 4.69) is 20.1 Å². The maximum atomic E-state index is 11.5. The summed E-state index contributed by atoms with van der Waals surface area (Å²) in [5, 5.41) is 4.62. The van der Waals surface area contributed by atoms with Crippen LogP contribution in [0.5, 0.6) is 0 Å². The number of benzene rings is 1. The monoisotopic (exact) mass is 511 g/mol. The number of nitrogens with zero attached hydrogens (tertiary/aromatic N) is 4. The standard InChI is InChI=1S/C23H31Cl2N5O2S/c1-16(20-6-5-19(24)10-21(20)25)27-22-11-26-12-23(28-22)30-14-18(15-30)17-4-3-7-29(13-17)8-9-33(2,31)32/h5-6,10-12,16-18H,3-4,7-9,13-15H2,1-2H3,(H,27,28)/t16-,17-/m1/s1. The van der Waals surface area contributed by atoms with Crippen molar-refractivity contribution < 1.29 is 8.42 Å². The Kier molecular flexibility index (Phi) is 7.68. The van der Waals surface area contributed by atoms with Crippen LogP contribution < -0.4 is 10.2 Å². The van der Waals surface area contributed by atoms with Gasteiger partial charge in [-0.2, -0.15) is 0 Å². The molecule has 2 aromatic rings.